The first-order chi connectivity index (χ1) is 18.9. The number of fused-ring (bicyclic) bond motifs is 3. The molecule has 5 aromatic rings. The summed E-state index contributed by atoms with van der Waals surface area (Å²) in [5.41, 5.74) is 9.25. The Kier molecular flexibility index (Phi) is 7.52. The highest BCUT2D eigenvalue weighted by molar-refractivity contribution is 6.08. The molecule has 7 nitrogen and oxygen atoms in total. The number of rotatable bonds is 9. The molecule has 39 heavy (non-hydrogen) atoms. The van der Waals surface area contributed by atoms with Crippen LogP contribution in [0.1, 0.15) is 41.4 Å². The number of carboxylic acids is 1. The molecule has 1 heterocycles. The molecule has 0 saturated carbocycles. The fraction of sp³-hybridized carbons (Fsp3) is 0.156. The van der Waals surface area contributed by atoms with E-state index in [-0.39, 0.29) is 12.8 Å². The maximum Gasteiger partial charge on any atom is 0.322 e. The smallest absolute Gasteiger partial charge is 0.322 e. The van der Waals surface area contributed by atoms with Crippen molar-refractivity contribution in [2.45, 2.75) is 30.7 Å². The molecule has 0 spiro atoms. The van der Waals surface area contributed by atoms with Gasteiger partial charge in [-0.2, -0.15) is 0 Å². The number of para-hydroxylation sites is 1. The van der Waals surface area contributed by atoms with E-state index in [0.717, 1.165) is 21.9 Å². The van der Waals surface area contributed by atoms with Crippen LogP contribution < -0.4 is 5.73 Å². The zero-order valence-electron chi connectivity index (χ0n) is 21.0. The fourth-order valence-electron chi connectivity index (χ4n) is 5.03. The number of aliphatic carboxylic acids is 1. The third-order valence-corrected chi connectivity index (χ3v) is 6.87. The lowest BCUT2D eigenvalue weighted by Gasteiger charge is -2.27. The van der Waals surface area contributed by atoms with Crippen molar-refractivity contribution >= 4 is 39.8 Å². The van der Waals surface area contributed by atoms with Gasteiger partial charge in [0.05, 0.1) is 5.92 Å². The summed E-state index contributed by atoms with van der Waals surface area (Å²) in [5, 5.41) is 10.7. The van der Waals surface area contributed by atoms with E-state index >= 15 is 0 Å². The van der Waals surface area contributed by atoms with Gasteiger partial charge in [-0.25, -0.2) is 0 Å². The van der Waals surface area contributed by atoms with Gasteiger partial charge in [0, 0.05) is 23.1 Å². The summed E-state index contributed by atoms with van der Waals surface area (Å²) in [7, 11) is 0. The number of carbonyl (C=O) groups excluding carboxylic acids is 2. The van der Waals surface area contributed by atoms with Crippen LogP contribution in [0.25, 0.3) is 21.9 Å². The Labute approximate surface area is 224 Å². The SMILES string of the molecule is N[C@@H](CCC(=O)OC(=O)C(c1cccc2oc3ccccc3c12)C(c1ccccc1)c1ccccc1)C(=O)O. The molecule has 3 N–H and O–H groups in total. The normalized spacial score (nSPS) is 12.9. The molecule has 0 aliphatic heterocycles. The summed E-state index contributed by atoms with van der Waals surface area (Å²) >= 11 is 0. The van der Waals surface area contributed by atoms with E-state index in [1.807, 2.05) is 103 Å². The van der Waals surface area contributed by atoms with E-state index in [0.29, 0.717) is 16.7 Å². The zero-order valence-corrected chi connectivity index (χ0v) is 21.0. The largest absolute Gasteiger partial charge is 0.480 e. The van der Waals surface area contributed by atoms with Crippen LogP contribution in [0.4, 0.5) is 0 Å². The van der Waals surface area contributed by atoms with Crippen LogP contribution in [-0.2, 0) is 19.1 Å². The first-order valence-electron chi connectivity index (χ1n) is 12.7. The molecule has 0 aliphatic rings. The molecule has 2 atom stereocenters. The van der Waals surface area contributed by atoms with E-state index in [1.165, 1.54) is 0 Å². The van der Waals surface area contributed by atoms with Crippen LogP contribution in [0.5, 0.6) is 0 Å². The van der Waals surface area contributed by atoms with E-state index in [4.69, 9.17) is 20.0 Å². The quantitative estimate of drug-likeness (QED) is 0.187. The minimum absolute atomic E-state index is 0.144. The molecule has 1 unspecified atom stereocenters. The number of carbonyl (C=O) groups is 3. The third kappa shape index (κ3) is 5.44. The van der Waals surface area contributed by atoms with Crippen LogP contribution in [0.2, 0.25) is 0 Å². The molecule has 1 aromatic heterocycles. The number of benzene rings is 4. The predicted octanol–water partition coefficient (Wildman–Crippen LogP) is 5.76. The number of carboxylic acid groups (broad SMARTS) is 1. The molecule has 5 rings (SSSR count). The van der Waals surface area contributed by atoms with Crippen molar-refractivity contribution in [3.8, 4) is 0 Å². The van der Waals surface area contributed by atoms with Gasteiger partial charge in [0.1, 0.15) is 17.2 Å². The number of hydrogen-bond acceptors (Lipinski definition) is 6. The van der Waals surface area contributed by atoms with Crippen molar-refractivity contribution in [1.82, 2.24) is 0 Å². The number of hydrogen-bond donors (Lipinski definition) is 2. The van der Waals surface area contributed by atoms with Crippen molar-refractivity contribution < 1.29 is 28.6 Å². The number of ether oxygens (including phenoxy) is 1. The molecule has 0 bridgehead atoms. The summed E-state index contributed by atoms with van der Waals surface area (Å²) in [6.07, 6.45) is -0.443. The molecule has 0 saturated heterocycles. The fourth-order valence-corrected chi connectivity index (χ4v) is 5.03. The Bertz CT molecular complexity index is 1590. The second kappa shape index (κ2) is 11.3. The van der Waals surface area contributed by atoms with Gasteiger partial charge in [0.2, 0.25) is 0 Å². The van der Waals surface area contributed by atoms with E-state index in [2.05, 4.69) is 0 Å². The number of furan rings is 1. The average molecular weight is 522 g/mol. The molecule has 0 amide bonds. The Hall–Kier alpha value is -4.75. The van der Waals surface area contributed by atoms with Crippen LogP contribution in [0.3, 0.4) is 0 Å². The Balaban J connectivity index is 1.65. The van der Waals surface area contributed by atoms with Gasteiger partial charge in [0.15, 0.2) is 0 Å². The van der Waals surface area contributed by atoms with Gasteiger partial charge in [-0.1, -0.05) is 91.0 Å². The highest BCUT2D eigenvalue weighted by Gasteiger charge is 2.37. The van der Waals surface area contributed by atoms with E-state index in [1.54, 1.807) is 0 Å². The molecular formula is C32H27NO6. The second-order valence-electron chi connectivity index (χ2n) is 9.37. The van der Waals surface area contributed by atoms with Crippen molar-refractivity contribution in [3.63, 3.8) is 0 Å². The lowest BCUT2D eigenvalue weighted by Crippen LogP contribution is -2.31. The third-order valence-electron chi connectivity index (χ3n) is 6.87. The summed E-state index contributed by atoms with van der Waals surface area (Å²) in [6, 6.07) is 31.1. The molecule has 0 fully saturated rings. The molecule has 0 radical (unpaired) electrons. The topological polar surface area (TPSA) is 120 Å². The average Bonchev–Trinajstić information content (AvgIpc) is 3.34. The Morgan fingerprint density at radius 1 is 0.769 bits per heavy atom. The number of esters is 2. The van der Waals surface area contributed by atoms with Crippen molar-refractivity contribution in [2.75, 3.05) is 0 Å². The summed E-state index contributed by atoms with van der Waals surface area (Å²) in [6.45, 7) is 0. The summed E-state index contributed by atoms with van der Waals surface area (Å²) in [4.78, 5) is 37.8. The van der Waals surface area contributed by atoms with Crippen molar-refractivity contribution in [1.29, 1.82) is 0 Å². The molecule has 196 valence electrons. The zero-order chi connectivity index (χ0) is 27.4. The van der Waals surface area contributed by atoms with Crippen molar-refractivity contribution in [3.05, 3.63) is 120 Å². The minimum Gasteiger partial charge on any atom is -0.480 e. The van der Waals surface area contributed by atoms with Gasteiger partial charge in [-0.15, -0.1) is 0 Å². The highest BCUT2D eigenvalue weighted by atomic mass is 16.6. The van der Waals surface area contributed by atoms with Crippen LogP contribution in [0, 0.1) is 0 Å². The van der Waals surface area contributed by atoms with E-state index in [9.17, 15) is 14.4 Å². The first-order valence-corrected chi connectivity index (χ1v) is 12.7. The maximum atomic E-state index is 14.0. The van der Waals surface area contributed by atoms with Crippen molar-refractivity contribution in [2.24, 2.45) is 5.73 Å². The first kappa shape index (κ1) is 25.9. The Morgan fingerprint density at radius 3 is 2.00 bits per heavy atom. The second-order valence-corrected chi connectivity index (χ2v) is 9.37. The maximum absolute atomic E-state index is 14.0. The molecular weight excluding hydrogens is 494 g/mol. The van der Waals surface area contributed by atoms with E-state index < -0.39 is 35.8 Å². The van der Waals surface area contributed by atoms with Gasteiger partial charge < -0.3 is 20.0 Å². The van der Waals surface area contributed by atoms with Gasteiger partial charge in [-0.05, 0) is 35.2 Å². The lowest BCUT2D eigenvalue weighted by molar-refractivity contribution is -0.161. The molecule has 0 aliphatic carbocycles. The van der Waals surface area contributed by atoms with Crippen LogP contribution in [-0.4, -0.2) is 29.1 Å². The highest BCUT2D eigenvalue weighted by Crippen LogP contribution is 2.44. The lowest BCUT2D eigenvalue weighted by atomic mass is 9.76. The predicted molar refractivity (Wildman–Crippen MR) is 147 cm³/mol. The number of nitrogens with two attached hydrogens (primary N) is 1. The summed E-state index contributed by atoms with van der Waals surface area (Å²) in [5.74, 6) is -4.20. The minimum atomic E-state index is -1.23. The van der Waals surface area contributed by atoms with Gasteiger partial charge in [0.25, 0.3) is 0 Å². The van der Waals surface area contributed by atoms with Crippen LogP contribution in [0.15, 0.2) is 108 Å². The molecule has 7 heteroatoms. The molecule has 4 aromatic carbocycles. The summed E-state index contributed by atoms with van der Waals surface area (Å²) < 4.78 is 11.5. The van der Waals surface area contributed by atoms with Gasteiger partial charge >= 0.3 is 17.9 Å². The Morgan fingerprint density at radius 2 is 1.36 bits per heavy atom. The van der Waals surface area contributed by atoms with Crippen LogP contribution >= 0.6 is 0 Å². The standard InChI is InChI=1S/C32H27NO6/c33-24(31(35)36)18-19-27(34)39-32(37)30(28(20-10-3-1-4-11-20)21-12-5-2-6-13-21)23-15-9-17-26-29(23)22-14-7-8-16-25(22)38-26/h1-17,24,28,30H,18-19,33H2,(H,35,36)/t24-,30?/m0/s1. The monoisotopic (exact) mass is 521 g/mol. The van der Waals surface area contributed by atoms with Gasteiger partial charge in [-0.3, -0.25) is 14.4 Å².